The Hall–Kier alpha value is -2.44. The molecule has 2 amide bonds. The quantitative estimate of drug-likeness (QED) is 0.260. The fourth-order valence-corrected chi connectivity index (χ4v) is 4.43. The van der Waals surface area contributed by atoms with Gasteiger partial charge in [0.2, 0.25) is 5.91 Å². The molecule has 37 heavy (non-hydrogen) atoms. The van der Waals surface area contributed by atoms with Crippen LogP contribution in [0, 0.1) is 0 Å². The van der Waals surface area contributed by atoms with E-state index in [4.69, 9.17) is 51.1 Å². The molecule has 0 bridgehead atoms. The molecule has 3 aromatic rings. The van der Waals surface area contributed by atoms with Crippen LogP contribution in [0.3, 0.4) is 0 Å². The monoisotopic (exact) mass is 580 g/mol. The van der Waals surface area contributed by atoms with Crippen molar-refractivity contribution in [3.8, 4) is 5.75 Å². The lowest BCUT2D eigenvalue weighted by atomic mass is 10.0. The van der Waals surface area contributed by atoms with Crippen LogP contribution in [0.1, 0.15) is 31.4 Å². The summed E-state index contributed by atoms with van der Waals surface area (Å²) in [6.07, 6.45) is 1.07. The second-order valence-corrected chi connectivity index (χ2v) is 10.3. The lowest BCUT2D eigenvalue weighted by Gasteiger charge is -2.32. The van der Waals surface area contributed by atoms with E-state index in [0.717, 1.165) is 17.5 Å². The van der Waals surface area contributed by atoms with Crippen LogP contribution in [0.5, 0.6) is 5.75 Å². The number of hydrogen-bond donors (Lipinski definition) is 1. The van der Waals surface area contributed by atoms with Crippen LogP contribution >= 0.6 is 46.4 Å². The van der Waals surface area contributed by atoms with E-state index in [2.05, 4.69) is 5.32 Å². The van der Waals surface area contributed by atoms with Crippen molar-refractivity contribution < 1.29 is 14.3 Å². The van der Waals surface area contributed by atoms with Crippen molar-refractivity contribution >= 4 is 58.2 Å². The Morgan fingerprint density at radius 1 is 0.892 bits per heavy atom. The maximum Gasteiger partial charge on any atom is 0.261 e. The number of nitrogens with zero attached hydrogens (tertiary/aromatic N) is 1. The van der Waals surface area contributed by atoms with E-state index in [1.54, 1.807) is 30.3 Å². The van der Waals surface area contributed by atoms with Gasteiger partial charge in [-0.3, -0.25) is 9.59 Å². The predicted octanol–water partition coefficient (Wildman–Crippen LogP) is 7.23. The number of benzene rings is 3. The molecule has 0 saturated carbocycles. The van der Waals surface area contributed by atoms with E-state index in [0.29, 0.717) is 27.2 Å². The first-order chi connectivity index (χ1) is 17.7. The number of rotatable bonds is 11. The molecule has 0 heterocycles. The minimum absolute atomic E-state index is 0.0585. The van der Waals surface area contributed by atoms with Crippen LogP contribution < -0.4 is 10.1 Å². The van der Waals surface area contributed by atoms with Gasteiger partial charge in [-0.2, -0.15) is 0 Å². The third-order valence-corrected chi connectivity index (χ3v) is 7.12. The van der Waals surface area contributed by atoms with Gasteiger partial charge in [-0.05, 0) is 54.8 Å². The summed E-state index contributed by atoms with van der Waals surface area (Å²) in [5, 5.41) is 4.52. The Bertz CT molecular complexity index is 1220. The zero-order chi connectivity index (χ0) is 26.9. The molecule has 5 nitrogen and oxygen atoms in total. The molecule has 0 aliphatic rings. The third kappa shape index (κ3) is 8.54. The van der Waals surface area contributed by atoms with E-state index in [9.17, 15) is 9.59 Å². The van der Waals surface area contributed by atoms with E-state index >= 15 is 0 Å². The highest BCUT2D eigenvalue weighted by atomic mass is 35.5. The first-order valence-corrected chi connectivity index (χ1v) is 13.3. The molecule has 0 aromatic heterocycles. The van der Waals surface area contributed by atoms with Crippen LogP contribution in [-0.4, -0.2) is 35.4 Å². The highest BCUT2D eigenvalue weighted by Crippen LogP contribution is 2.28. The summed E-state index contributed by atoms with van der Waals surface area (Å²) in [6.45, 7) is 3.71. The molecule has 0 saturated heterocycles. The van der Waals surface area contributed by atoms with Crippen molar-refractivity contribution in [1.82, 2.24) is 10.2 Å². The Morgan fingerprint density at radius 3 is 2.27 bits per heavy atom. The van der Waals surface area contributed by atoms with Gasteiger partial charge in [0.15, 0.2) is 6.61 Å². The first-order valence-electron chi connectivity index (χ1n) is 11.8. The molecule has 0 radical (unpaired) electrons. The Balaban J connectivity index is 1.94. The zero-order valence-electron chi connectivity index (χ0n) is 20.5. The Kier molecular flexibility index (Phi) is 11.0. The summed E-state index contributed by atoms with van der Waals surface area (Å²) < 4.78 is 5.74. The predicted molar refractivity (Wildman–Crippen MR) is 151 cm³/mol. The minimum Gasteiger partial charge on any atom is -0.482 e. The molecule has 0 unspecified atom stereocenters. The number of amides is 2. The van der Waals surface area contributed by atoms with E-state index < -0.39 is 11.9 Å². The molecule has 0 aliphatic carbocycles. The molecule has 0 fully saturated rings. The minimum atomic E-state index is -0.803. The van der Waals surface area contributed by atoms with Gasteiger partial charge in [-0.15, -0.1) is 0 Å². The Morgan fingerprint density at radius 2 is 1.62 bits per heavy atom. The number of carbonyl (C=O) groups excluding carboxylic acids is 2. The normalized spacial score (nSPS) is 12.5. The summed E-state index contributed by atoms with van der Waals surface area (Å²) in [5.74, 6) is -0.328. The highest BCUT2D eigenvalue weighted by Gasteiger charge is 2.31. The number of carbonyl (C=O) groups is 2. The maximum absolute atomic E-state index is 13.6. The van der Waals surface area contributed by atoms with Gasteiger partial charge in [0.25, 0.3) is 5.91 Å². The molecular weight excluding hydrogens is 554 g/mol. The van der Waals surface area contributed by atoms with Crippen LogP contribution in [0.4, 0.5) is 0 Å². The summed E-state index contributed by atoms with van der Waals surface area (Å²) >= 11 is 24.5. The molecule has 3 aromatic carbocycles. The van der Waals surface area contributed by atoms with Crippen LogP contribution in [0.15, 0.2) is 66.7 Å². The fourth-order valence-electron chi connectivity index (χ4n) is 3.64. The molecular formula is C28H28Cl4N2O3. The number of nitrogens with one attached hydrogen (secondary N) is 1. The van der Waals surface area contributed by atoms with E-state index in [-0.39, 0.29) is 30.1 Å². The number of hydrogen-bond acceptors (Lipinski definition) is 3. The molecule has 0 aliphatic heterocycles. The van der Waals surface area contributed by atoms with Gasteiger partial charge >= 0.3 is 0 Å². The second-order valence-electron chi connectivity index (χ2n) is 8.66. The summed E-state index contributed by atoms with van der Waals surface area (Å²) in [4.78, 5) is 28.7. The average Bonchev–Trinajstić information content (AvgIpc) is 2.88. The van der Waals surface area contributed by atoms with Crippen molar-refractivity contribution in [3.05, 3.63) is 97.9 Å². The van der Waals surface area contributed by atoms with Crippen molar-refractivity contribution in [1.29, 1.82) is 0 Å². The number of halogens is 4. The Labute approximate surface area is 237 Å². The molecule has 2 atom stereocenters. The largest absolute Gasteiger partial charge is 0.482 e. The maximum atomic E-state index is 13.6. The van der Waals surface area contributed by atoms with E-state index in [1.807, 2.05) is 44.2 Å². The fraction of sp³-hybridized carbons (Fsp3) is 0.286. The highest BCUT2D eigenvalue weighted by molar-refractivity contribution is 6.42. The van der Waals surface area contributed by atoms with Gasteiger partial charge in [0, 0.05) is 24.0 Å². The average molecular weight is 582 g/mol. The van der Waals surface area contributed by atoms with Crippen LogP contribution in [0.25, 0.3) is 0 Å². The van der Waals surface area contributed by atoms with Crippen molar-refractivity contribution in [2.24, 2.45) is 0 Å². The van der Waals surface area contributed by atoms with Crippen molar-refractivity contribution in [2.75, 3.05) is 6.61 Å². The topological polar surface area (TPSA) is 58.6 Å². The van der Waals surface area contributed by atoms with Gasteiger partial charge in [-0.1, -0.05) is 89.7 Å². The van der Waals surface area contributed by atoms with Gasteiger partial charge in [0.1, 0.15) is 11.8 Å². The van der Waals surface area contributed by atoms with Crippen molar-refractivity contribution in [3.63, 3.8) is 0 Å². The second kappa shape index (κ2) is 13.9. The molecule has 1 N–H and O–H groups in total. The molecule has 0 spiro atoms. The van der Waals surface area contributed by atoms with E-state index in [1.165, 1.54) is 11.0 Å². The third-order valence-electron chi connectivity index (χ3n) is 5.85. The van der Waals surface area contributed by atoms with Gasteiger partial charge in [-0.25, -0.2) is 0 Å². The molecule has 9 heteroatoms. The van der Waals surface area contributed by atoms with Crippen LogP contribution in [-0.2, 0) is 22.6 Å². The SMILES string of the molecule is CC[C@H](C)NC(=O)[C@H](Cc1ccccc1)N(Cc1ccc(Cl)c(Cl)c1)C(=O)COc1ccc(Cl)cc1Cl. The van der Waals surface area contributed by atoms with Crippen molar-refractivity contribution in [2.45, 2.75) is 45.3 Å². The summed E-state index contributed by atoms with van der Waals surface area (Å²) in [5.41, 5.74) is 1.64. The lowest BCUT2D eigenvalue weighted by Crippen LogP contribution is -2.53. The zero-order valence-corrected chi connectivity index (χ0v) is 23.5. The van der Waals surface area contributed by atoms with Crippen LogP contribution in [0.2, 0.25) is 20.1 Å². The standard InChI is InChI=1S/C28H28Cl4N2O3/c1-3-18(2)33-28(36)25(14-19-7-5-4-6-8-19)34(16-20-9-11-22(30)23(31)13-20)27(35)17-37-26-12-10-21(29)15-24(26)32/h4-13,15,18,25H,3,14,16-17H2,1-2H3,(H,33,36)/t18-,25-/m0/s1. The summed E-state index contributed by atoms with van der Waals surface area (Å²) in [7, 11) is 0. The summed E-state index contributed by atoms with van der Waals surface area (Å²) in [6, 6.07) is 18.6. The molecule has 196 valence electrons. The van der Waals surface area contributed by atoms with Gasteiger partial charge in [0.05, 0.1) is 15.1 Å². The lowest BCUT2D eigenvalue weighted by molar-refractivity contribution is -0.143. The number of ether oxygens (including phenoxy) is 1. The first kappa shape index (κ1) is 29.1. The van der Waals surface area contributed by atoms with Gasteiger partial charge < -0.3 is 15.0 Å². The smallest absolute Gasteiger partial charge is 0.261 e. The molecule has 3 rings (SSSR count).